The third kappa shape index (κ3) is 1.74. The van der Waals surface area contributed by atoms with Gasteiger partial charge in [-0.05, 0) is 24.1 Å². The van der Waals surface area contributed by atoms with E-state index in [0.717, 1.165) is 11.1 Å². The predicted octanol–water partition coefficient (Wildman–Crippen LogP) is 0.577. The molecule has 0 unspecified atom stereocenters. The monoisotopic (exact) mass is 193 g/mol. The van der Waals surface area contributed by atoms with Crippen LogP contribution in [0.3, 0.4) is 0 Å². The quantitative estimate of drug-likeness (QED) is 0.644. The lowest BCUT2D eigenvalue weighted by Gasteiger charge is -2.37. The summed E-state index contributed by atoms with van der Waals surface area (Å²) in [5.41, 5.74) is 1.19. The average Bonchev–Trinajstić information content (AvgIpc) is 2.07. The van der Waals surface area contributed by atoms with Crippen molar-refractivity contribution < 1.29 is 10.2 Å². The van der Waals surface area contributed by atoms with E-state index in [9.17, 15) is 10.2 Å². The second kappa shape index (κ2) is 3.26. The van der Waals surface area contributed by atoms with Crippen LogP contribution in [0.2, 0.25) is 0 Å². The molecule has 14 heavy (non-hydrogen) atoms. The summed E-state index contributed by atoms with van der Waals surface area (Å²) < 4.78 is 0. The number of benzene rings is 1. The number of aliphatic hydroxyl groups is 1. The summed E-state index contributed by atoms with van der Waals surface area (Å²) >= 11 is 0. The summed E-state index contributed by atoms with van der Waals surface area (Å²) in [6.45, 7) is 3.16. The zero-order valence-electron chi connectivity index (χ0n) is 8.25. The van der Waals surface area contributed by atoms with Gasteiger partial charge in [-0.1, -0.05) is 12.1 Å². The van der Waals surface area contributed by atoms with Crippen LogP contribution in [0.5, 0.6) is 5.75 Å². The highest BCUT2D eigenvalue weighted by molar-refractivity contribution is 5.37. The Morgan fingerprint density at radius 3 is 2.64 bits per heavy atom. The van der Waals surface area contributed by atoms with Gasteiger partial charge >= 0.3 is 0 Å². The number of nitrogens with one attached hydrogen (secondary N) is 1. The van der Waals surface area contributed by atoms with Crippen LogP contribution < -0.4 is 5.32 Å². The van der Waals surface area contributed by atoms with Gasteiger partial charge in [-0.25, -0.2) is 0 Å². The summed E-state index contributed by atoms with van der Waals surface area (Å²) in [6, 6.07) is 5.55. The molecule has 0 amide bonds. The van der Waals surface area contributed by atoms with Gasteiger partial charge in [-0.2, -0.15) is 0 Å². The fraction of sp³-hybridized carbons (Fsp3) is 0.455. The number of hydrogen-bond donors (Lipinski definition) is 3. The molecule has 3 heteroatoms. The lowest BCUT2D eigenvalue weighted by Crippen LogP contribution is -2.60. The van der Waals surface area contributed by atoms with Gasteiger partial charge in [0.05, 0.1) is 5.60 Å². The molecule has 2 rings (SSSR count). The second-order valence-corrected chi connectivity index (χ2v) is 4.14. The van der Waals surface area contributed by atoms with Crippen LogP contribution in [0.4, 0.5) is 0 Å². The van der Waals surface area contributed by atoms with Gasteiger partial charge < -0.3 is 15.5 Å². The maximum absolute atomic E-state index is 9.88. The largest absolute Gasteiger partial charge is 0.508 e. The summed E-state index contributed by atoms with van der Waals surface area (Å²) in [6.07, 6.45) is 0.520. The zero-order valence-corrected chi connectivity index (χ0v) is 8.25. The predicted molar refractivity (Wildman–Crippen MR) is 54.4 cm³/mol. The summed E-state index contributed by atoms with van der Waals surface area (Å²) in [7, 11) is 0. The van der Waals surface area contributed by atoms with Gasteiger partial charge in [0.1, 0.15) is 5.75 Å². The Kier molecular flexibility index (Phi) is 2.21. The van der Waals surface area contributed by atoms with E-state index >= 15 is 0 Å². The smallest absolute Gasteiger partial charge is 0.119 e. The molecule has 0 aliphatic carbocycles. The average molecular weight is 193 g/mol. The minimum Gasteiger partial charge on any atom is -0.508 e. The molecule has 0 atom stereocenters. The minimum absolute atomic E-state index is 0.283. The first-order valence-corrected chi connectivity index (χ1v) is 4.81. The van der Waals surface area contributed by atoms with Crippen molar-refractivity contribution in [2.24, 2.45) is 0 Å². The van der Waals surface area contributed by atoms with Gasteiger partial charge in [0.2, 0.25) is 0 Å². The molecule has 1 fully saturated rings. The van der Waals surface area contributed by atoms with Crippen LogP contribution in [0, 0.1) is 6.92 Å². The summed E-state index contributed by atoms with van der Waals surface area (Å²) in [4.78, 5) is 0. The third-order valence-electron chi connectivity index (χ3n) is 2.67. The highest BCUT2D eigenvalue weighted by Crippen LogP contribution is 2.25. The molecule has 0 aromatic heterocycles. The van der Waals surface area contributed by atoms with E-state index in [1.54, 1.807) is 6.07 Å². The Labute approximate surface area is 83.4 Å². The maximum Gasteiger partial charge on any atom is 0.119 e. The highest BCUT2D eigenvalue weighted by atomic mass is 16.3. The van der Waals surface area contributed by atoms with Crippen LogP contribution in [-0.2, 0) is 6.42 Å². The van der Waals surface area contributed by atoms with Gasteiger partial charge in [-0.3, -0.25) is 0 Å². The van der Waals surface area contributed by atoms with Crippen LogP contribution in [0.25, 0.3) is 0 Å². The number of β-amino-alcohol motifs (C(OH)–C–C–N with tert-alkyl or cyclic N) is 1. The molecule has 1 saturated heterocycles. The van der Waals surface area contributed by atoms with E-state index in [-0.39, 0.29) is 5.75 Å². The van der Waals surface area contributed by atoms with E-state index < -0.39 is 5.60 Å². The molecule has 0 spiro atoms. The van der Waals surface area contributed by atoms with E-state index in [0.29, 0.717) is 19.5 Å². The molecule has 1 heterocycles. The third-order valence-corrected chi connectivity index (χ3v) is 2.67. The molecular formula is C11H15NO2. The van der Waals surface area contributed by atoms with Gasteiger partial charge in [0, 0.05) is 19.5 Å². The first kappa shape index (κ1) is 9.49. The van der Waals surface area contributed by atoms with Crippen LogP contribution in [-0.4, -0.2) is 28.9 Å². The second-order valence-electron chi connectivity index (χ2n) is 4.14. The Hall–Kier alpha value is -1.06. The van der Waals surface area contributed by atoms with E-state index in [1.165, 1.54) is 0 Å². The Morgan fingerprint density at radius 1 is 1.43 bits per heavy atom. The van der Waals surface area contributed by atoms with E-state index in [2.05, 4.69) is 5.32 Å². The molecule has 1 aliphatic heterocycles. The number of phenols is 1. The van der Waals surface area contributed by atoms with Crippen molar-refractivity contribution in [2.75, 3.05) is 13.1 Å². The van der Waals surface area contributed by atoms with Crippen LogP contribution in [0.15, 0.2) is 18.2 Å². The Bertz CT molecular complexity index is 345. The van der Waals surface area contributed by atoms with Crippen LogP contribution in [0.1, 0.15) is 11.1 Å². The number of hydrogen-bond acceptors (Lipinski definition) is 3. The minimum atomic E-state index is -0.660. The van der Waals surface area contributed by atoms with Crippen molar-refractivity contribution >= 4 is 0 Å². The molecule has 76 valence electrons. The van der Waals surface area contributed by atoms with Gasteiger partial charge in [0.25, 0.3) is 0 Å². The number of aryl methyl sites for hydroxylation is 1. The first-order valence-electron chi connectivity index (χ1n) is 4.81. The lowest BCUT2D eigenvalue weighted by molar-refractivity contribution is -0.00944. The van der Waals surface area contributed by atoms with Crippen molar-refractivity contribution in [3.05, 3.63) is 29.3 Å². The lowest BCUT2D eigenvalue weighted by atomic mass is 9.88. The molecule has 0 bridgehead atoms. The van der Waals surface area contributed by atoms with Gasteiger partial charge in [0.15, 0.2) is 0 Å². The summed E-state index contributed by atoms with van der Waals surface area (Å²) in [5.74, 6) is 0.283. The van der Waals surface area contributed by atoms with Crippen molar-refractivity contribution in [2.45, 2.75) is 18.9 Å². The fourth-order valence-corrected chi connectivity index (χ4v) is 1.72. The van der Waals surface area contributed by atoms with Crippen molar-refractivity contribution in [3.8, 4) is 5.75 Å². The Morgan fingerprint density at radius 2 is 2.14 bits per heavy atom. The summed E-state index contributed by atoms with van der Waals surface area (Å²) in [5, 5.41) is 22.5. The number of rotatable bonds is 2. The molecule has 0 saturated carbocycles. The fourth-order valence-electron chi connectivity index (χ4n) is 1.72. The standard InChI is InChI=1S/C11H15NO2/c1-8-2-3-9(10(13)4-8)5-11(14)6-12-7-11/h2-4,12-14H,5-7H2,1H3. The number of aromatic hydroxyl groups is 1. The molecule has 1 aromatic rings. The van der Waals surface area contributed by atoms with E-state index in [4.69, 9.17) is 0 Å². The molecular weight excluding hydrogens is 178 g/mol. The van der Waals surface area contributed by atoms with E-state index in [1.807, 2.05) is 19.1 Å². The van der Waals surface area contributed by atoms with Crippen molar-refractivity contribution in [1.82, 2.24) is 5.32 Å². The molecule has 1 aromatic carbocycles. The molecule has 0 radical (unpaired) electrons. The molecule has 3 N–H and O–H groups in total. The zero-order chi connectivity index (χ0) is 10.2. The maximum atomic E-state index is 9.88. The van der Waals surface area contributed by atoms with Crippen LogP contribution >= 0.6 is 0 Å². The van der Waals surface area contributed by atoms with Crippen molar-refractivity contribution in [1.29, 1.82) is 0 Å². The highest BCUT2D eigenvalue weighted by Gasteiger charge is 2.34. The van der Waals surface area contributed by atoms with Crippen molar-refractivity contribution in [3.63, 3.8) is 0 Å². The Balaban J connectivity index is 2.16. The van der Waals surface area contributed by atoms with Gasteiger partial charge in [-0.15, -0.1) is 0 Å². The number of phenolic OH excluding ortho intramolecular Hbond substituents is 1. The first-order chi connectivity index (χ1) is 6.59. The topological polar surface area (TPSA) is 52.5 Å². The molecule has 1 aliphatic rings. The molecule has 3 nitrogen and oxygen atoms in total. The normalized spacial score (nSPS) is 19.0. The SMILES string of the molecule is Cc1ccc(CC2(O)CNC2)c(O)c1.